The molecule has 3 aromatic carbocycles. The highest BCUT2D eigenvalue weighted by Crippen LogP contribution is 2.26. The van der Waals surface area contributed by atoms with E-state index in [4.69, 9.17) is 12.2 Å². The molecule has 3 nitrogen and oxygen atoms in total. The highest BCUT2D eigenvalue weighted by atomic mass is 127. The molecular weight excluding hydrogens is 518 g/mol. The highest BCUT2D eigenvalue weighted by Gasteiger charge is 2.13. The van der Waals surface area contributed by atoms with Gasteiger partial charge in [0.15, 0.2) is 5.11 Å². The molecule has 0 aromatic heterocycles. The average Bonchev–Trinajstić information content (AvgIpc) is 2.57. The summed E-state index contributed by atoms with van der Waals surface area (Å²) in [6.45, 7) is 0. The van der Waals surface area contributed by atoms with Gasteiger partial charge in [0, 0.05) is 13.6 Å². The van der Waals surface area contributed by atoms with Gasteiger partial charge in [-0.3, -0.25) is 10.1 Å². The van der Waals surface area contributed by atoms with Crippen molar-refractivity contribution in [1.82, 2.24) is 5.32 Å². The van der Waals surface area contributed by atoms with Crippen molar-refractivity contribution in [3.8, 4) is 0 Å². The topological polar surface area (TPSA) is 41.1 Å². The van der Waals surface area contributed by atoms with Crippen LogP contribution in [0.15, 0.2) is 59.1 Å². The Labute approximate surface area is 171 Å². The molecule has 0 fully saturated rings. The number of benzene rings is 3. The minimum absolute atomic E-state index is 0.0390. The van der Waals surface area contributed by atoms with Gasteiger partial charge in [-0.05, 0) is 75.9 Å². The van der Waals surface area contributed by atoms with Gasteiger partial charge in [0.1, 0.15) is 5.82 Å². The van der Waals surface area contributed by atoms with Crippen LogP contribution in [0.1, 0.15) is 10.4 Å². The molecule has 0 aliphatic rings. The molecule has 0 atom stereocenters. The van der Waals surface area contributed by atoms with Crippen LogP contribution in [0.4, 0.5) is 10.1 Å². The number of thiocarbonyl (C=S) groups is 1. The lowest BCUT2D eigenvalue weighted by Gasteiger charge is -2.12. The zero-order valence-electron chi connectivity index (χ0n) is 12.6. The van der Waals surface area contributed by atoms with Crippen molar-refractivity contribution in [1.29, 1.82) is 0 Å². The Morgan fingerprint density at radius 1 is 1.08 bits per heavy atom. The van der Waals surface area contributed by atoms with Crippen LogP contribution < -0.4 is 10.6 Å². The van der Waals surface area contributed by atoms with E-state index < -0.39 is 5.82 Å². The molecule has 0 aliphatic heterocycles. The molecule has 0 saturated heterocycles. The number of rotatable bonds is 2. The first-order valence-corrected chi connectivity index (χ1v) is 9.48. The maximum atomic E-state index is 13.9. The van der Waals surface area contributed by atoms with Crippen molar-refractivity contribution in [2.75, 3.05) is 5.32 Å². The van der Waals surface area contributed by atoms with Gasteiger partial charge in [-0.1, -0.05) is 40.2 Å². The molecule has 0 bridgehead atoms. The van der Waals surface area contributed by atoms with Crippen LogP contribution in [0, 0.1) is 9.39 Å². The van der Waals surface area contributed by atoms with E-state index >= 15 is 0 Å². The van der Waals surface area contributed by atoms with Gasteiger partial charge in [-0.15, -0.1) is 0 Å². The van der Waals surface area contributed by atoms with E-state index in [1.165, 1.54) is 6.07 Å². The van der Waals surface area contributed by atoms with Gasteiger partial charge in [0.2, 0.25) is 0 Å². The Bertz CT molecular complexity index is 996. The number of hydrogen-bond acceptors (Lipinski definition) is 2. The summed E-state index contributed by atoms with van der Waals surface area (Å²) in [5, 5.41) is 7.08. The monoisotopic (exact) mass is 528 g/mol. The maximum absolute atomic E-state index is 13.9. The van der Waals surface area contributed by atoms with E-state index in [9.17, 15) is 9.18 Å². The Balaban J connectivity index is 1.80. The molecule has 3 rings (SSSR count). The Morgan fingerprint density at radius 3 is 2.56 bits per heavy atom. The number of halogens is 3. The van der Waals surface area contributed by atoms with Crippen molar-refractivity contribution in [3.05, 3.63) is 74.0 Å². The molecule has 2 N–H and O–H groups in total. The molecule has 0 heterocycles. The number of anilines is 1. The number of nitrogens with one attached hydrogen (secondary N) is 2. The second-order valence-corrected chi connectivity index (χ2v) is 7.68. The number of hydrogen-bond donors (Lipinski definition) is 2. The van der Waals surface area contributed by atoms with Gasteiger partial charge in [-0.25, -0.2) is 4.39 Å². The summed E-state index contributed by atoms with van der Waals surface area (Å²) in [5.41, 5.74) is 0.706. The van der Waals surface area contributed by atoms with Crippen molar-refractivity contribution in [2.24, 2.45) is 0 Å². The molecule has 0 unspecified atom stereocenters. The first-order chi connectivity index (χ1) is 12.0. The smallest absolute Gasteiger partial charge is 0.258 e. The maximum Gasteiger partial charge on any atom is 0.258 e. The molecule has 0 aliphatic carbocycles. The normalized spacial score (nSPS) is 10.5. The Hall–Kier alpha value is -1.58. The minimum atomic E-state index is -0.433. The predicted molar refractivity (Wildman–Crippen MR) is 114 cm³/mol. The molecule has 0 radical (unpaired) electrons. The number of fused-ring (bicyclic) bond motifs is 1. The van der Waals surface area contributed by atoms with Crippen LogP contribution in [-0.4, -0.2) is 11.0 Å². The standard InChI is InChI=1S/C18H11BrFIN2OS/c19-14-6-2-3-11-12(14)4-1-5-13(11)17(24)23-18(25)22-16-8-7-10(21)9-15(16)20/h1-9H,(H2,22,23,24,25). The van der Waals surface area contributed by atoms with Gasteiger partial charge < -0.3 is 5.32 Å². The Kier molecular flexibility index (Phi) is 5.65. The molecular formula is C18H11BrFIN2OS. The number of carbonyl (C=O) groups is 1. The largest absolute Gasteiger partial charge is 0.330 e. The van der Waals surface area contributed by atoms with Gasteiger partial charge in [-0.2, -0.15) is 0 Å². The molecule has 0 saturated carbocycles. The van der Waals surface area contributed by atoms with Crippen molar-refractivity contribution in [2.45, 2.75) is 0 Å². The third-order valence-electron chi connectivity index (χ3n) is 3.52. The van der Waals surface area contributed by atoms with E-state index in [1.54, 1.807) is 24.3 Å². The van der Waals surface area contributed by atoms with Gasteiger partial charge >= 0.3 is 0 Å². The van der Waals surface area contributed by atoms with E-state index in [0.717, 1.165) is 18.8 Å². The molecule has 1 amide bonds. The van der Waals surface area contributed by atoms with Crippen LogP contribution >= 0.6 is 50.7 Å². The summed E-state index contributed by atoms with van der Waals surface area (Å²) in [6.07, 6.45) is 0. The molecule has 3 aromatic rings. The van der Waals surface area contributed by atoms with Gasteiger partial charge in [0.05, 0.1) is 5.69 Å². The predicted octanol–water partition coefficient (Wildman–Crippen LogP) is 5.47. The molecule has 126 valence electrons. The number of carbonyl (C=O) groups excluding carboxylic acids is 1. The second-order valence-electron chi connectivity index (χ2n) is 5.17. The van der Waals surface area contributed by atoms with E-state index in [1.807, 2.05) is 46.9 Å². The second kappa shape index (κ2) is 7.76. The lowest BCUT2D eigenvalue weighted by atomic mass is 10.0. The summed E-state index contributed by atoms with van der Waals surface area (Å²) in [6, 6.07) is 15.8. The first-order valence-electron chi connectivity index (χ1n) is 7.20. The summed E-state index contributed by atoms with van der Waals surface area (Å²) in [7, 11) is 0. The van der Waals surface area contributed by atoms with Crippen LogP contribution in [-0.2, 0) is 0 Å². The van der Waals surface area contributed by atoms with Crippen molar-refractivity contribution >= 4 is 78.2 Å². The summed E-state index contributed by atoms with van der Waals surface area (Å²) < 4.78 is 15.6. The van der Waals surface area contributed by atoms with Crippen LogP contribution in [0.3, 0.4) is 0 Å². The zero-order chi connectivity index (χ0) is 18.0. The van der Waals surface area contributed by atoms with Crippen LogP contribution in [0.25, 0.3) is 10.8 Å². The van der Waals surface area contributed by atoms with E-state index in [2.05, 4.69) is 26.6 Å². The molecule has 7 heteroatoms. The lowest BCUT2D eigenvalue weighted by Crippen LogP contribution is -2.34. The zero-order valence-corrected chi connectivity index (χ0v) is 17.2. The first kappa shape index (κ1) is 18.2. The average molecular weight is 529 g/mol. The van der Waals surface area contributed by atoms with E-state index in [0.29, 0.717) is 5.56 Å². The highest BCUT2D eigenvalue weighted by molar-refractivity contribution is 14.1. The third kappa shape index (κ3) is 4.16. The summed E-state index contributed by atoms with van der Waals surface area (Å²) in [5.74, 6) is -0.787. The molecule has 25 heavy (non-hydrogen) atoms. The lowest BCUT2D eigenvalue weighted by molar-refractivity contribution is 0.0979. The quantitative estimate of drug-likeness (QED) is 0.342. The van der Waals surface area contributed by atoms with Crippen LogP contribution in [0.5, 0.6) is 0 Å². The van der Waals surface area contributed by atoms with Crippen LogP contribution in [0.2, 0.25) is 0 Å². The SMILES string of the molecule is O=C(NC(=S)Nc1ccc(I)cc1F)c1cccc2c(Br)cccc12. The summed E-state index contributed by atoms with van der Waals surface area (Å²) in [4.78, 5) is 12.6. The van der Waals surface area contributed by atoms with Crippen molar-refractivity contribution in [3.63, 3.8) is 0 Å². The third-order valence-corrected chi connectivity index (χ3v) is 5.09. The fraction of sp³-hybridized carbons (Fsp3) is 0. The van der Waals surface area contributed by atoms with Gasteiger partial charge in [0.25, 0.3) is 5.91 Å². The van der Waals surface area contributed by atoms with E-state index in [-0.39, 0.29) is 16.7 Å². The Morgan fingerprint density at radius 2 is 1.80 bits per heavy atom. The summed E-state index contributed by atoms with van der Waals surface area (Å²) >= 11 is 10.6. The van der Waals surface area contributed by atoms with Crippen molar-refractivity contribution < 1.29 is 9.18 Å². The minimum Gasteiger partial charge on any atom is -0.330 e. The fourth-order valence-corrected chi connectivity index (χ4v) is 3.54. The molecule has 0 spiro atoms. The fourth-order valence-electron chi connectivity index (χ4n) is 2.38. The number of amides is 1.